The summed E-state index contributed by atoms with van der Waals surface area (Å²) in [7, 11) is 1.67. The predicted molar refractivity (Wildman–Crippen MR) is 158 cm³/mol. The number of aromatic nitrogens is 1. The fourth-order valence-corrected chi connectivity index (χ4v) is 5.24. The average molecular weight is 514 g/mol. The number of carbonyl (C=O) groups excluding carboxylic acids is 1. The topological polar surface area (TPSA) is 45.7 Å². The maximum absolute atomic E-state index is 13.6. The summed E-state index contributed by atoms with van der Waals surface area (Å²) in [5.74, 6) is 0.755. The van der Waals surface area contributed by atoms with Crippen LogP contribution in [0.3, 0.4) is 0 Å². The van der Waals surface area contributed by atoms with Gasteiger partial charge in [0.2, 0.25) is 0 Å². The number of hydrogen-bond acceptors (Lipinski definition) is 4. The molecule has 1 amide bonds. The Kier molecular flexibility index (Phi) is 6.72. The smallest absolute Gasteiger partial charge is 0.272 e. The van der Waals surface area contributed by atoms with Gasteiger partial charge in [-0.3, -0.25) is 4.79 Å². The molecule has 4 aromatic carbocycles. The van der Waals surface area contributed by atoms with E-state index >= 15 is 0 Å². The van der Waals surface area contributed by atoms with Gasteiger partial charge in [-0.05, 0) is 59.7 Å². The van der Waals surface area contributed by atoms with Crippen LogP contribution in [0.15, 0.2) is 103 Å². The van der Waals surface area contributed by atoms with E-state index in [1.807, 2.05) is 41.3 Å². The van der Waals surface area contributed by atoms with Crippen LogP contribution in [0.2, 0.25) is 0 Å². The second kappa shape index (κ2) is 10.6. The summed E-state index contributed by atoms with van der Waals surface area (Å²) in [5, 5.41) is 2.47. The molecule has 1 saturated heterocycles. The molecule has 0 N–H and O–H groups in total. The number of anilines is 1. The van der Waals surface area contributed by atoms with Gasteiger partial charge in [-0.1, -0.05) is 72.3 Å². The van der Waals surface area contributed by atoms with Crippen molar-refractivity contribution >= 4 is 22.4 Å². The van der Waals surface area contributed by atoms with Crippen molar-refractivity contribution in [3.63, 3.8) is 0 Å². The van der Waals surface area contributed by atoms with Crippen molar-refractivity contribution in [3.05, 3.63) is 114 Å². The standard InChI is InChI=1S/C34H31N3O2/c1-24-10-12-26(13-11-24)33-31(28-8-5-9-30(23-28)39-2)16-17-32(35-33)34(38)37-20-18-36(19-21-37)29-15-14-25-6-3-4-7-27(25)22-29/h3-17,22-23H,18-21H2,1-2H3. The van der Waals surface area contributed by atoms with Gasteiger partial charge in [0.25, 0.3) is 5.91 Å². The Bertz CT molecular complexity index is 1640. The van der Waals surface area contributed by atoms with Crippen LogP contribution in [0, 0.1) is 6.92 Å². The lowest BCUT2D eigenvalue weighted by molar-refractivity contribution is 0.0741. The van der Waals surface area contributed by atoms with Crippen molar-refractivity contribution in [2.24, 2.45) is 0 Å². The van der Waals surface area contributed by atoms with Crippen LogP contribution in [-0.2, 0) is 0 Å². The molecule has 194 valence electrons. The first kappa shape index (κ1) is 24.7. The van der Waals surface area contributed by atoms with Crippen LogP contribution in [0.1, 0.15) is 16.1 Å². The average Bonchev–Trinajstić information content (AvgIpc) is 3.00. The van der Waals surface area contributed by atoms with Crippen LogP contribution in [0.25, 0.3) is 33.2 Å². The van der Waals surface area contributed by atoms with Gasteiger partial charge in [0, 0.05) is 43.0 Å². The molecule has 5 nitrogen and oxygen atoms in total. The van der Waals surface area contributed by atoms with Crippen molar-refractivity contribution < 1.29 is 9.53 Å². The van der Waals surface area contributed by atoms with Crippen molar-refractivity contribution in [1.29, 1.82) is 0 Å². The van der Waals surface area contributed by atoms with Gasteiger partial charge in [0.05, 0.1) is 12.8 Å². The summed E-state index contributed by atoms with van der Waals surface area (Å²) in [5.41, 5.74) is 6.59. The van der Waals surface area contributed by atoms with Crippen molar-refractivity contribution in [2.45, 2.75) is 6.92 Å². The van der Waals surface area contributed by atoms with Crippen LogP contribution >= 0.6 is 0 Å². The molecule has 0 bridgehead atoms. The number of pyridine rings is 1. The molecule has 0 radical (unpaired) electrons. The Morgan fingerprint density at radius 1 is 0.744 bits per heavy atom. The third kappa shape index (κ3) is 5.08. The van der Waals surface area contributed by atoms with Crippen molar-refractivity contribution in [3.8, 4) is 28.1 Å². The highest BCUT2D eigenvalue weighted by molar-refractivity contribution is 5.95. The zero-order chi connectivity index (χ0) is 26.8. The number of benzene rings is 4. The number of hydrogen-bond donors (Lipinski definition) is 0. The minimum atomic E-state index is -0.0290. The lowest BCUT2D eigenvalue weighted by atomic mass is 9.98. The molecule has 0 spiro atoms. The highest BCUT2D eigenvalue weighted by Crippen LogP contribution is 2.33. The van der Waals surface area contributed by atoms with E-state index in [2.05, 4.69) is 78.6 Å². The van der Waals surface area contributed by atoms with Gasteiger partial charge in [0.15, 0.2) is 0 Å². The Morgan fingerprint density at radius 3 is 2.28 bits per heavy atom. The summed E-state index contributed by atoms with van der Waals surface area (Å²) >= 11 is 0. The Hall–Kier alpha value is -4.64. The van der Waals surface area contributed by atoms with E-state index in [0.29, 0.717) is 18.8 Å². The molecule has 5 heteroatoms. The van der Waals surface area contributed by atoms with Crippen LogP contribution in [0.5, 0.6) is 5.75 Å². The molecule has 1 aliphatic rings. The lowest BCUT2D eigenvalue weighted by Crippen LogP contribution is -2.49. The van der Waals surface area contributed by atoms with Crippen LogP contribution < -0.4 is 9.64 Å². The Labute approximate surface area is 229 Å². The molecular weight excluding hydrogens is 482 g/mol. The van der Waals surface area contributed by atoms with E-state index in [9.17, 15) is 4.79 Å². The quantitative estimate of drug-likeness (QED) is 0.258. The summed E-state index contributed by atoms with van der Waals surface area (Å²) in [6.07, 6.45) is 0. The molecule has 39 heavy (non-hydrogen) atoms. The fraction of sp³-hybridized carbons (Fsp3) is 0.176. The predicted octanol–water partition coefficient (Wildman–Crippen LogP) is 6.85. The number of aryl methyl sites for hydroxylation is 1. The Morgan fingerprint density at radius 2 is 1.51 bits per heavy atom. The SMILES string of the molecule is COc1cccc(-c2ccc(C(=O)N3CCN(c4ccc5ccccc5c4)CC3)nc2-c2ccc(C)cc2)c1. The summed E-state index contributed by atoms with van der Waals surface area (Å²) in [6, 6.07) is 35.1. The van der Waals surface area contributed by atoms with E-state index in [1.54, 1.807) is 7.11 Å². The summed E-state index contributed by atoms with van der Waals surface area (Å²) < 4.78 is 5.46. The monoisotopic (exact) mass is 513 g/mol. The summed E-state index contributed by atoms with van der Waals surface area (Å²) in [6.45, 7) is 4.96. The van der Waals surface area contributed by atoms with E-state index in [-0.39, 0.29) is 5.91 Å². The third-order valence-corrected chi connectivity index (χ3v) is 7.49. The second-order valence-corrected chi connectivity index (χ2v) is 10.0. The van der Waals surface area contributed by atoms with Gasteiger partial charge in [-0.25, -0.2) is 4.98 Å². The maximum atomic E-state index is 13.6. The van der Waals surface area contributed by atoms with Crippen LogP contribution in [-0.4, -0.2) is 49.1 Å². The van der Waals surface area contributed by atoms with E-state index in [1.165, 1.54) is 22.0 Å². The van der Waals surface area contributed by atoms with Gasteiger partial charge in [-0.2, -0.15) is 0 Å². The largest absolute Gasteiger partial charge is 0.497 e. The number of methoxy groups -OCH3 is 1. The van der Waals surface area contributed by atoms with Crippen LogP contribution in [0.4, 0.5) is 5.69 Å². The third-order valence-electron chi connectivity index (χ3n) is 7.49. The number of nitrogens with zero attached hydrogens (tertiary/aromatic N) is 3. The number of amides is 1. The number of ether oxygens (including phenoxy) is 1. The van der Waals surface area contributed by atoms with E-state index < -0.39 is 0 Å². The molecule has 1 fully saturated rings. The molecule has 1 aliphatic heterocycles. The fourth-order valence-electron chi connectivity index (χ4n) is 5.24. The number of rotatable bonds is 5. The maximum Gasteiger partial charge on any atom is 0.272 e. The zero-order valence-corrected chi connectivity index (χ0v) is 22.3. The van der Waals surface area contributed by atoms with Gasteiger partial charge >= 0.3 is 0 Å². The van der Waals surface area contributed by atoms with Gasteiger partial charge < -0.3 is 14.5 Å². The molecule has 6 rings (SSSR count). The molecule has 5 aromatic rings. The van der Waals surface area contributed by atoms with Gasteiger partial charge in [0.1, 0.15) is 11.4 Å². The minimum absolute atomic E-state index is 0.0290. The molecule has 0 unspecified atom stereocenters. The lowest BCUT2D eigenvalue weighted by Gasteiger charge is -2.36. The Balaban J connectivity index is 1.26. The molecule has 1 aromatic heterocycles. The highest BCUT2D eigenvalue weighted by atomic mass is 16.5. The van der Waals surface area contributed by atoms with Crippen molar-refractivity contribution in [1.82, 2.24) is 9.88 Å². The molecule has 0 aliphatic carbocycles. The second-order valence-electron chi connectivity index (χ2n) is 10.0. The normalized spacial score (nSPS) is 13.5. The highest BCUT2D eigenvalue weighted by Gasteiger charge is 2.24. The molecule has 0 atom stereocenters. The zero-order valence-electron chi connectivity index (χ0n) is 22.3. The number of piperazine rings is 1. The molecule has 2 heterocycles. The summed E-state index contributed by atoms with van der Waals surface area (Å²) in [4.78, 5) is 22.8. The first-order valence-electron chi connectivity index (χ1n) is 13.3. The first-order chi connectivity index (χ1) is 19.1. The molecular formula is C34H31N3O2. The van der Waals surface area contributed by atoms with Gasteiger partial charge in [-0.15, -0.1) is 0 Å². The molecule has 0 saturated carbocycles. The minimum Gasteiger partial charge on any atom is -0.497 e. The number of carbonyl (C=O) groups is 1. The van der Waals surface area contributed by atoms with E-state index in [4.69, 9.17) is 9.72 Å². The van der Waals surface area contributed by atoms with Crippen molar-refractivity contribution in [2.75, 3.05) is 38.2 Å². The first-order valence-corrected chi connectivity index (χ1v) is 13.3. The van der Waals surface area contributed by atoms with E-state index in [0.717, 1.165) is 41.2 Å². The number of fused-ring (bicyclic) bond motifs is 1.